The van der Waals surface area contributed by atoms with E-state index >= 15 is 0 Å². The molecule has 110 valence electrons. The fourth-order valence-corrected chi connectivity index (χ4v) is 2.73. The molecule has 1 amide bonds. The van der Waals surface area contributed by atoms with Gasteiger partial charge >= 0.3 is 0 Å². The minimum absolute atomic E-state index is 0.00912. The average Bonchev–Trinajstić information content (AvgIpc) is 2.82. The Morgan fingerprint density at radius 2 is 2.25 bits per heavy atom. The highest BCUT2D eigenvalue weighted by Crippen LogP contribution is 2.21. The van der Waals surface area contributed by atoms with Gasteiger partial charge in [-0.15, -0.1) is 0 Å². The van der Waals surface area contributed by atoms with Gasteiger partial charge < -0.3 is 20.3 Å². The molecule has 0 aliphatic carbocycles. The van der Waals surface area contributed by atoms with E-state index in [1.54, 1.807) is 30.2 Å². The Bertz CT molecular complexity index is 490. The fourth-order valence-electron chi connectivity index (χ4n) is 2.73. The van der Waals surface area contributed by atoms with Crippen molar-refractivity contribution in [2.24, 2.45) is 5.92 Å². The molecule has 20 heavy (non-hydrogen) atoms. The van der Waals surface area contributed by atoms with Crippen molar-refractivity contribution in [3.8, 4) is 5.75 Å². The van der Waals surface area contributed by atoms with Crippen LogP contribution in [-0.2, 0) is 0 Å². The molecule has 5 heteroatoms. The molecule has 5 nitrogen and oxygen atoms in total. The van der Waals surface area contributed by atoms with E-state index in [2.05, 4.69) is 11.9 Å². The van der Waals surface area contributed by atoms with Crippen LogP contribution in [0.3, 0.4) is 0 Å². The largest absolute Gasteiger partial charge is 0.497 e. The molecule has 2 N–H and O–H groups in total. The fraction of sp³-hybridized carbons (Fsp3) is 0.533. The van der Waals surface area contributed by atoms with Gasteiger partial charge in [0, 0.05) is 37.5 Å². The summed E-state index contributed by atoms with van der Waals surface area (Å²) in [6.45, 7) is 2.94. The molecule has 1 aromatic carbocycles. The number of nitrogens with two attached hydrogens (primary N) is 1. The van der Waals surface area contributed by atoms with Gasteiger partial charge in [0.25, 0.3) is 5.91 Å². The topological polar surface area (TPSA) is 58.8 Å². The van der Waals surface area contributed by atoms with Gasteiger partial charge in [-0.05, 0) is 38.1 Å². The van der Waals surface area contributed by atoms with E-state index in [1.165, 1.54) is 0 Å². The maximum atomic E-state index is 12.4. The van der Waals surface area contributed by atoms with Crippen LogP contribution in [0.25, 0.3) is 0 Å². The highest BCUT2D eigenvalue weighted by atomic mass is 16.5. The third-order valence-corrected chi connectivity index (χ3v) is 3.78. The molecule has 1 aromatic rings. The summed E-state index contributed by atoms with van der Waals surface area (Å²) in [6.07, 6.45) is 1.15. The quantitative estimate of drug-likeness (QED) is 0.843. The normalized spacial score (nSPS) is 19.1. The number of amides is 1. The smallest absolute Gasteiger partial charge is 0.253 e. The summed E-state index contributed by atoms with van der Waals surface area (Å²) in [5.41, 5.74) is 6.92. The molecule has 1 atom stereocenters. The van der Waals surface area contributed by atoms with Crippen molar-refractivity contribution >= 4 is 11.6 Å². The number of carbonyl (C=O) groups is 1. The third-order valence-electron chi connectivity index (χ3n) is 3.78. The van der Waals surface area contributed by atoms with Crippen molar-refractivity contribution in [2.75, 3.05) is 46.6 Å². The molecule has 1 saturated heterocycles. The van der Waals surface area contributed by atoms with Gasteiger partial charge in [0.15, 0.2) is 0 Å². The van der Waals surface area contributed by atoms with Gasteiger partial charge in [0.2, 0.25) is 0 Å². The molecule has 0 bridgehead atoms. The Morgan fingerprint density at radius 1 is 1.50 bits per heavy atom. The Morgan fingerprint density at radius 3 is 2.85 bits per heavy atom. The second kappa shape index (κ2) is 6.13. The second-order valence-electron chi connectivity index (χ2n) is 5.60. The molecule has 1 unspecified atom stereocenters. The summed E-state index contributed by atoms with van der Waals surface area (Å²) >= 11 is 0. The molecule has 2 rings (SSSR count). The maximum Gasteiger partial charge on any atom is 0.253 e. The van der Waals surface area contributed by atoms with E-state index < -0.39 is 0 Å². The SMILES string of the molecule is COc1cc(N)cc(C(=O)N(C)CC2CCN(C)C2)c1. The number of likely N-dealkylation sites (tertiary alicyclic amines) is 1. The minimum Gasteiger partial charge on any atom is -0.497 e. The number of anilines is 1. The van der Waals surface area contributed by atoms with Crippen molar-refractivity contribution in [3.63, 3.8) is 0 Å². The van der Waals surface area contributed by atoms with Crippen LogP contribution in [0.5, 0.6) is 5.75 Å². The molecule has 1 heterocycles. The van der Waals surface area contributed by atoms with Crippen molar-refractivity contribution in [1.82, 2.24) is 9.80 Å². The number of nitrogens with zero attached hydrogens (tertiary/aromatic N) is 2. The molecule has 0 aromatic heterocycles. The van der Waals surface area contributed by atoms with Gasteiger partial charge in [-0.3, -0.25) is 4.79 Å². The number of benzene rings is 1. The predicted molar refractivity (Wildman–Crippen MR) is 80.0 cm³/mol. The zero-order valence-electron chi connectivity index (χ0n) is 12.4. The Labute approximate surface area is 120 Å². The number of rotatable bonds is 4. The van der Waals surface area contributed by atoms with Crippen LogP contribution in [0.15, 0.2) is 18.2 Å². The lowest BCUT2D eigenvalue weighted by atomic mass is 10.1. The van der Waals surface area contributed by atoms with Crippen LogP contribution >= 0.6 is 0 Å². The Kier molecular flexibility index (Phi) is 4.49. The molecule has 1 aliphatic heterocycles. The van der Waals surface area contributed by atoms with Gasteiger partial charge in [0.1, 0.15) is 5.75 Å². The van der Waals surface area contributed by atoms with E-state index in [9.17, 15) is 4.79 Å². The van der Waals surface area contributed by atoms with Crippen LogP contribution in [0.2, 0.25) is 0 Å². The first kappa shape index (κ1) is 14.7. The van der Waals surface area contributed by atoms with Gasteiger partial charge in [-0.1, -0.05) is 0 Å². The first-order valence-corrected chi connectivity index (χ1v) is 6.88. The summed E-state index contributed by atoms with van der Waals surface area (Å²) in [5.74, 6) is 1.16. The van der Waals surface area contributed by atoms with Gasteiger partial charge in [-0.25, -0.2) is 0 Å². The number of ether oxygens (including phenoxy) is 1. The van der Waals surface area contributed by atoms with E-state index in [0.717, 1.165) is 26.1 Å². The Balaban J connectivity index is 2.04. The summed E-state index contributed by atoms with van der Waals surface area (Å²) in [5, 5.41) is 0. The standard InChI is InChI=1S/C15H23N3O2/c1-17-5-4-11(9-17)10-18(2)15(19)12-6-13(16)8-14(7-12)20-3/h6-8,11H,4-5,9-10,16H2,1-3H3. The average molecular weight is 277 g/mol. The van der Waals surface area contributed by atoms with Crippen LogP contribution in [-0.4, -0.2) is 56.5 Å². The Hall–Kier alpha value is -1.75. The first-order chi connectivity index (χ1) is 9.49. The van der Waals surface area contributed by atoms with Crippen LogP contribution in [0, 0.1) is 5.92 Å². The zero-order valence-corrected chi connectivity index (χ0v) is 12.4. The molecular formula is C15H23N3O2. The molecule has 1 fully saturated rings. The lowest BCUT2D eigenvalue weighted by Gasteiger charge is -2.21. The summed E-state index contributed by atoms with van der Waals surface area (Å²) in [6, 6.07) is 5.14. The van der Waals surface area contributed by atoms with Crippen molar-refractivity contribution in [3.05, 3.63) is 23.8 Å². The van der Waals surface area contributed by atoms with E-state index in [0.29, 0.717) is 22.9 Å². The number of methoxy groups -OCH3 is 1. The molecular weight excluding hydrogens is 254 g/mol. The number of hydrogen-bond acceptors (Lipinski definition) is 4. The monoisotopic (exact) mass is 277 g/mol. The number of hydrogen-bond donors (Lipinski definition) is 1. The number of carbonyl (C=O) groups excluding carboxylic acids is 1. The van der Waals surface area contributed by atoms with E-state index in [1.807, 2.05) is 7.05 Å². The highest BCUT2D eigenvalue weighted by Gasteiger charge is 2.23. The molecule has 0 saturated carbocycles. The summed E-state index contributed by atoms with van der Waals surface area (Å²) in [7, 11) is 5.53. The summed E-state index contributed by atoms with van der Waals surface area (Å²) in [4.78, 5) is 16.5. The predicted octanol–water partition coefficient (Wildman–Crippen LogP) is 1.30. The van der Waals surface area contributed by atoms with E-state index in [-0.39, 0.29) is 5.91 Å². The van der Waals surface area contributed by atoms with E-state index in [4.69, 9.17) is 10.5 Å². The minimum atomic E-state index is -0.00912. The van der Waals surface area contributed by atoms with Crippen LogP contribution in [0.4, 0.5) is 5.69 Å². The maximum absolute atomic E-state index is 12.4. The zero-order chi connectivity index (χ0) is 14.7. The second-order valence-corrected chi connectivity index (χ2v) is 5.60. The third kappa shape index (κ3) is 3.42. The summed E-state index contributed by atoms with van der Waals surface area (Å²) < 4.78 is 5.16. The number of nitrogen functional groups attached to an aromatic ring is 1. The molecule has 1 aliphatic rings. The lowest BCUT2D eigenvalue weighted by molar-refractivity contribution is 0.0773. The first-order valence-electron chi connectivity index (χ1n) is 6.88. The lowest BCUT2D eigenvalue weighted by Crippen LogP contribution is -2.32. The van der Waals surface area contributed by atoms with Crippen molar-refractivity contribution < 1.29 is 9.53 Å². The van der Waals surface area contributed by atoms with Crippen LogP contribution in [0.1, 0.15) is 16.8 Å². The van der Waals surface area contributed by atoms with Crippen molar-refractivity contribution in [2.45, 2.75) is 6.42 Å². The van der Waals surface area contributed by atoms with Gasteiger partial charge in [0.05, 0.1) is 7.11 Å². The molecule has 0 radical (unpaired) electrons. The van der Waals surface area contributed by atoms with Gasteiger partial charge in [-0.2, -0.15) is 0 Å². The highest BCUT2D eigenvalue weighted by molar-refractivity contribution is 5.95. The van der Waals surface area contributed by atoms with Crippen LogP contribution < -0.4 is 10.5 Å². The van der Waals surface area contributed by atoms with Crippen molar-refractivity contribution in [1.29, 1.82) is 0 Å². The molecule has 0 spiro atoms.